The van der Waals surface area contributed by atoms with Crippen LogP contribution < -0.4 is 10.0 Å². The van der Waals surface area contributed by atoms with Crippen LogP contribution in [0.25, 0.3) is 6.08 Å². The number of piperidine rings is 1. The Bertz CT molecular complexity index is 1170. The maximum absolute atomic E-state index is 13.4. The molecule has 0 unspecified atom stereocenters. The van der Waals surface area contributed by atoms with Crippen LogP contribution in [-0.4, -0.2) is 41.7 Å². The van der Waals surface area contributed by atoms with Gasteiger partial charge in [-0.1, -0.05) is 30.4 Å². The molecule has 0 bridgehead atoms. The van der Waals surface area contributed by atoms with Gasteiger partial charge in [0.15, 0.2) is 0 Å². The number of benzene rings is 2. The SMILES string of the molecule is O=S(=O)(CC=Cc1cc(S(=O)(=O)c2ccccc2)ccc1C(F)(F)F)NC1CCNCC1. The second kappa shape index (κ2) is 9.74. The summed E-state index contributed by atoms with van der Waals surface area (Å²) >= 11 is 0. The van der Waals surface area contributed by atoms with Gasteiger partial charge in [0.2, 0.25) is 19.9 Å². The molecule has 0 spiro atoms. The third-order valence-corrected chi connectivity index (χ3v) is 8.08. The van der Waals surface area contributed by atoms with E-state index in [-0.39, 0.29) is 15.8 Å². The van der Waals surface area contributed by atoms with Crippen molar-refractivity contribution in [1.82, 2.24) is 10.0 Å². The largest absolute Gasteiger partial charge is 0.416 e. The summed E-state index contributed by atoms with van der Waals surface area (Å²) in [6.45, 7) is 1.36. The second-order valence-corrected chi connectivity index (χ2v) is 11.1. The van der Waals surface area contributed by atoms with Gasteiger partial charge in [0.05, 0.1) is 21.1 Å². The van der Waals surface area contributed by atoms with E-state index in [1.165, 1.54) is 24.3 Å². The minimum Gasteiger partial charge on any atom is -0.317 e. The zero-order chi connectivity index (χ0) is 23.4. The molecule has 0 saturated carbocycles. The smallest absolute Gasteiger partial charge is 0.317 e. The topological polar surface area (TPSA) is 92.3 Å². The number of hydrogen-bond donors (Lipinski definition) is 2. The summed E-state index contributed by atoms with van der Waals surface area (Å²) in [6, 6.07) is 9.63. The molecule has 32 heavy (non-hydrogen) atoms. The molecule has 6 nitrogen and oxygen atoms in total. The van der Waals surface area contributed by atoms with Gasteiger partial charge in [-0.05, 0) is 61.8 Å². The fourth-order valence-electron chi connectivity index (χ4n) is 3.38. The predicted molar refractivity (Wildman–Crippen MR) is 115 cm³/mol. The Morgan fingerprint density at radius 1 is 0.969 bits per heavy atom. The predicted octanol–water partition coefficient (Wildman–Crippen LogP) is 3.22. The van der Waals surface area contributed by atoms with E-state index in [4.69, 9.17) is 0 Å². The first-order chi connectivity index (χ1) is 15.0. The first-order valence-electron chi connectivity index (χ1n) is 9.88. The minimum atomic E-state index is -4.74. The van der Waals surface area contributed by atoms with E-state index in [0.717, 1.165) is 24.3 Å². The quantitative estimate of drug-likeness (QED) is 0.625. The van der Waals surface area contributed by atoms with E-state index in [9.17, 15) is 30.0 Å². The normalized spacial score (nSPS) is 16.5. The molecule has 11 heteroatoms. The van der Waals surface area contributed by atoms with E-state index in [0.29, 0.717) is 32.0 Å². The summed E-state index contributed by atoms with van der Waals surface area (Å²) in [6.07, 6.45) is -1.40. The Morgan fingerprint density at radius 2 is 1.62 bits per heavy atom. The van der Waals surface area contributed by atoms with Gasteiger partial charge in [-0.15, -0.1) is 0 Å². The number of rotatable bonds is 7. The maximum atomic E-state index is 13.4. The molecule has 1 aliphatic rings. The average Bonchev–Trinajstić information content (AvgIpc) is 2.74. The van der Waals surface area contributed by atoms with Crippen LogP contribution in [0.15, 0.2) is 64.4 Å². The van der Waals surface area contributed by atoms with Gasteiger partial charge in [-0.2, -0.15) is 13.2 Å². The van der Waals surface area contributed by atoms with Crippen molar-refractivity contribution < 1.29 is 30.0 Å². The molecular weight excluding hydrogens is 465 g/mol. The molecular formula is C21H23F3N2O4S2. The van der Waals surface area contributed by atoms with Crippen molar-refractivity contribution >= 4 is 25.9 Å². The molecule has 0 amide bonds. The number of sulfonamides is 1. The molecule has 2 N–H and O–H groups in total. The lowest BCUT2D eigenvalue weighted by atomic mass is 10.1. The van der Waals surface area contributed by atoms with Crippen molar-refractivity contribution in [1.29, 1.82) is 0 Å². The highest BCUT2D eigenvalue weighted by atomic mass is 32.2. The van der Waals surface area contributed by atoms with Crippen molar-refractivity contribution in [2.45, 2.75) is 34.9 Å². The molecule has 1 heterocycles. The van der Waals surface area contributed by atoms with Crippen molar-refractivity contribution in [3.05, 3.63) is 65.7 Å². The molecule has 1 fully saturated rings. The third kappa shape index (κ3) is 6.18. The van der Waals surface area contributed by atoms with E-state index >= 15 is 0 Å². The van der Waals surface area contributed by atoms with Crippen LogP contribution >= 0.6 is 0 Å². The lowest BCUT2D eigenvalue weighted by Gasteiger charge is -2.23. The molecule has 3 rings (SSSR count). The summed E-state index contributed by atoms with van der Waals surface area (Å²) in [5.41, 5.74) is -1.48. The average molecular weight is 489 g/mol. The van der Waals surface area contributed by atoms with Crippen LogP contribution in [0.1, 0.15) is 24.0 Å². The van der Waals surface area contributed by atoms with Gasteiger partial charge in [0.1, 0.15) is 0 Å². The van der Waals surface area contributed by atoms with E-state index < -0.39 is 42.9 Å². The van der Waals surface area contributed by atoms with E-state index in [1.54, 1.807) is 6.07 Å². The second-order valence-electron chi connectivity index (χ2n) is 7.39. The number of nitrogens with one attached hydrogen (secondary N) is 2. The van der Waals surface area contributed by atoms with Crippen molar-refractivity contribution in [2.75, 3.05) is 18.8 Å². The lowest BCUT2D eigenvalue weighted by Crippen LogP contribution is -2.43. The Kier molecular flexibility index (Phi) is 7.43. The molecule has 2 aromatic rings. The number of hydrogen-bond acceptors (Lipinski definition) is 5. The van der Waals surface area contributed by atoms with Crippen molar-refractivity contribution in [3.8, 4) is 0 Å². The van der Waals surface area contributed by atoms with Gasteiger partial charge in [-0.3, -0.25) is 0 Å². The minimum absolute atomic E-state index is 0.0524. The van der Waals surface area contributed by atoms with Gasteiger partial charge < -0.3 is 5.32 Å². The van der Waals surface area contributed by atoms with Crippen LogP contribution in [0, 0.1) is 0 Å². The standard InChI is InChI=1S/C21H23F3N2O4S2/c22-21(23,24)20-9-8-19(32(29,30)18-6-2-1-3-7-18)15-16(20)5-4-14-31(27,28)26-17-10-12-25-13-11-17/h1-9,15,17,25-26H,10-14H2. The highest BCUT2D eigenvalue weighted by Crippen LogP contribution is 2.34. The Morgan fingerprint density at radius 3 is 2.25 bits per heavy atom. The highest BCUT2D eigenvalue weighted by molar-refractivity contribution is 7.91. The van der Waals surface area contributed by atoms with Gasteiger partial charge >= 0.3 is 6.18 Å². The molecule has 174 valence electrons. The van der Waals surface area contributed by atoms with Crippen LogP contribution in [0.5, 0.6) is 0 Å². The molecule has 0 atom stereocenters. The fourth-order valence-corrected chi connectivity index (χ4v) is 5.89. The first-order valence-corrected chi connectivity index (χ1v) is 13.0. The van der Waals surface area contributed by atoms with E-state index in [1.807, 2.05) is 0 Å². The van der Waals surface area contributed by atoms with Gasteiger partial charge in [0, 0.05) is 6.04 Å². The number of sulfone groups is 1. The van der Waals surface area contributed by atoms with Crippen LogP contribution in [0.3, 0.4) is 0 Å². The number of halogens is 3. The molecule has 1 aliphatic heterocycles. The monoisotopic (exact) mass is 488 g/mol. The summed E-state index contributed by atoms with van der Waals surface area (Å²) in [5, 5.41) is 3.11. The lowest BCUT2D eigenvalue weighted by molar-refractivity contribution is -0.137. The Hall–Kier alpha value is -2.21. The van der Waals surface area contributed by atoms with Crippen LogP contribution in [-0.2, 0) is 26.0 Å². The zero-order valence-electron chi connectivity index (χ0n) is 17.0. The Balaban J connectivity index is 1.87. The van der Waals surface area contributed by atoms with Crippen LogP contribution in [0.2, 0.25) is 0 Å². The molecule has 0 aliphatic carbocycles. The molecule has 1 saturated heterocycles. The van der Waals surface area contributed by atoms with Gasteiger partial charge in [-0.25, -0.2) is 21.6 Å². The summed E-state index contributed by atoms with van der Waals surface area (Å²) in [7, 11) is -7.78. The number of alkyl halides is 3. The molecule has 0 radical (unpaired) electrons. The van der Waals surface area contributed by atoms with Crippen LogP contribution in [0.4, 0.5) is 13.2 Å². The third-order valence-electron chi connectivity index (χ3n) is 4.99. The Labute approximate surface area is 185 Å². The summed E-state index contributed by atoms with van der Waals surface area (Å²) in [4.78, 5) is -0.365. The van der Waals surface area contributed by atoms with E-state index in [2.05, 4.69) is 10.0 Å². The molecule has 0 aromatic heterocycles. The van der Waals surface area contributed by atoms with Crippen molar-refractivity contribution in [2.24, 2.45) is 0 Å². The zero-order valence-corrected chi connectivity index (χ0v) is 18.6. The summed E-state index contributed by atoms with van der Waals surface area (Å²) < 4.78 is 93.0. The van der Waals surface area contributed by atoms with Crippen molar-refractivity contribution in [3.63, 3.8) is 0 Å². The fraction of sp³-hybridized carbons (Fsp3) is 0.333. The first kappa shape index (κ1) is 24.4. The molecule has 2 aromatic carbocycles. The maximum Gasteiger partial charge on any atom is 0.416 e. The van der Waals surface area contributed by atoms with Gasteiger partial charge in [0.25, 0.3) is 0 Å². The highest BCUT2D eigenvalue weighted by Gasteiger charge is 2.33. The summed E-state index contributed by atoms with van der Waals surface area (Å²) in [5.74, 6) is -0.524.